The van der Waals surface area contributed by atoms with Crippen LogP contribution in [0.1, 0.15) is 23.3 Å². The molecule has 6 heteroatoms. The highest BCUT2D eigenvalue weighted by atomic mass is 16.5. The Labute approximate surface area is 156 Å². The Morgan fingerprint density at radius 3 is 2.74 bits per heavy atom. The van der Waals surface area contributed by atoms with Crippen molar-refractivity contribution in [3.8, 4) is 17.1 Å². The first-order valence-electron chi connectivity index (χ1n) is 9.43. The number of carbonyl (C=O) groups is 1. The molecule has 1 aromatic carbocycles. The Balaban J connectivity index is 1.34. The molecule has 3 aromatic rings. The molecule has 6 nitrogen and oxygen atoms in total. The van der Waals surface area contributed by atoms with E-state index < -0.39 is 0 Å². The number of hydrogen-bond acceptors (Lipinski definition) is 4. The van der Waals surface area contributed by atoms with Gasteiger partial charge in [-0.1, -0.05) is 18.2 Å². The van der Waals surface area contributed by atoms with Gasteiger partial charge < -0.3 is 14.5 Å². The molecule has 0 unspecified atom stereocenters. The molecule has 5 atom stereocenters. The van der Waals surface area contributed by atoms with Crippen LogP contribution < -0.4 is 5.32 Å². The number of rotatable bonds is 4. The molecule has 27 heavy (non-hydrogen) atoms. The lowest BCUT2D eigenvalue weighted by Gasteiger charge is -2.20. The van der Waals surface area contributed by atoms with Crippen LogP contribution in [0.4, 0.5) is 0 Å². The van der Waals surface area contributed by atoms with Gasteiger partial charge in [-0.3, -0.25) is 4.79 Å². The van der Waals surface area contributed by atoms with Crippen molar-refractivity contribution in [1.82, 2.24) is 15.1 Å². The van der Waals surface area contributed by atoms with Crippen LogP contribution >= 0.6 is 0 Å². The van der Waals surface area contributed by atoms with Crippen LogP contribution in [-0.2, 0) is 4.74 Å². The molecule has 2 saturated heterocycles. The van der Waals surface area contributed by atoms with Gasteiger partial charge in [-0.15, -0.1) is 0 Å². The van der Waals surface area contributed by atoms with E-state index >= 15 is 0 Å². The number of nitrogens with zero attached hydrogens (tertiary/aromatic N) is 2. The van der Waals surface area contributed by atoms with E-state index in [1.165, 1.54) is 6.42 Å². The molecule has 6 rings (SSSR count). The van der Waals surface area contributed by atoms with Gasteiger partial charge in [-0.05, 0) is 48.9 Å². The maximum absolute atomic E-state index is 13.1. The third-order valence-corrected chi connectivity index (χ3v) is 6.04. The lowest BCUT2D eigenvalue weighted by Crippen LogP contribution is -2.43. The smallest absolute Gasteiger partial charge is 0.270 e. The predicted molar refractivity (Wildman–Crippen MR) is 97.4 cm³/mol. The van der Waals surface area contributed by atoms with E-state index in [1.54, 1.807) is 17.0 Å². The molecule has 4 heterocycles. The number of aromatic nitrogens is 2. The Morgan fingerprint density at radius 1 is 1.11 bits per heavy atom. The third-order valence-electron chi connectivity index (χ3n) is 6.04. The molecule has 0 spiro atoms. The standard InChI is InChI=1S/C21H19N3O3/c25-21(22-16-11-19-13-9-14(13)20(16)27-19)17-10-15(18-7-4-8-26-18)23-24(17)12-5-2-1-3-6-12/h1-8,10,13-14,16,19-20H,9,11H2,(H,22,25)/t13-,14+,16-,19+,20+/m1/s1. The molecule has 3 fully saturated rings. The van der Waals surface area contributed by atoms with Gasteiger partial charge in [0.25, 0.3) is 5.91 Å². The van der Waals surface area contributed by atoms with Crippen LogP contribution in [0.3, 0.4) is 0 Å². The van der Waals surface area contributed by atoms with Gasteiger partial charge in [-0.25, -0.2) is 4.68 Å². The number of hydrogen-bond donors (Lipinski definition) is 1. The average molecular weight is 361 g/mol. The van der Waals surface area contributed by atoms with E-state index in [2.05, 4.69) is 10.4 Å². The number of benzene rings is 1. The number of nitrogens with one attached hydrogen (secondary N) is 1. The fraction of sp³-hybridized carbons (Fsp3) is 0.333. The van der Waals surface area contributed by atoms with Gasteiger partial charge in [0.15, 0.2) is 5.76 Å². The molecule has 136 valence electrons. The number of para-hydroxylation sites is 1. The highest BCUT2D eigenvalue weighted by Crippen LogP contribution is 2.58. The topological polar surface area (TPSA) is 69.3 Å². The summed E-state index contributed by atoms with van der Waals surface area (Å²) in [7, 11) is 0. The minimum absolute atomic E-state index is 0.0948. The van der Waals surface area contributed by atoms with E-state index in [4.69, 9.17) is 9.15 Å². The molecular weight excluding hydrogens is 342 g/mol. The number of ether oxygens (including phenoxy) is 1. The quantitative estimate of drug-likeness (QED) is 0.775. The molecule has 2 aliphatic heterocycles. The Hall–Kier alpha value is -2.86. The van der Waals surface area contributed by atoms with Crippen molar-refractivity contribution < 1.29 is 13.9 Å². The van der Waals surface area contributed by atoms with Gasteiger partial charge in [-0.2, -0.15) is 5.10 Å². The van der Waals surface area contributed by atoms with E-state index in [1.807, 2.05) is 42.5 Å². The van der Waals surface area contributed by atoms with Crippen molar-refractivity contribution in [3.05, 3.63) is 60.5 Å². The predicted octanol–water partition coefficient (Wildman–Crippen LogP) is 3.04. The van der Waals surface area contributed by atoms with Crippen molar-refractivity contribution in [2.45, 2.75) is 31.1 Å². The second kappa shape index (κ2) is 5.57. The van der Waals surface area contributed by atoms with E-state index in [9.17, 15) is 4.79 Å². The minimum atomic E-state index is -0.123. The van der Waals surface area contributed by atoms with E-state index in [0.717, 1.165) is 18.0 Å². The van der Waals surface area contributed by atoms with Crippen LogP contribution in [0.5, 0.6) is 0 Å². The zero-order chi connectivity index (χ0) is 18.0. The minimum Gasteiger partial charge on any atom is -0.463 e. The van der Waals surface area contributed by atoms with Crippen molar-refractivity contribution in [3.63, 3.8) is 0 Å². The summed E-state index contributed by atoms with van der Waals surface area (Å²) in [4.78, 5) is 13.1. The van der Waals surface area contributed by atoms with Crippen molar-refractivity contribution in [2.75, 3.05) is 0 Å². The second-order valence-electron chi connectivity index (χ2n) is 7.66. The lowest BCUT2D eigenvalue weighted by atomic mass is 9.95. The monoisotopic (exact) mass is 361 g/mol. The summed E-state index contributed by atoms with van der Waals surface area (Å²) in [6.07, 6.45) is 4.30. The molecular formula is C21H19N3O3. The third kappa shape index (κ3) is 2.36. The fourth-order valence-corrected chi connectivity index (χ4v) is 4.69. The maximum Gasteiger partial charge on any atom is 0.270 e. The number of furan rings is 1. The number of carbonyl (C=O) groups excluding carboxylic acids is 1. The summed E-state index contributed by atoms with van der Waals surface area (Å²) in [6.45, 7) is 0. The molecule has 3 aliphatic rings. The summed E-state index contributed by atoms with van der Waals surface area (Å²) < 4.78 is 13.2. The summed E-state index contributed by atoms with van der Waals surface area (Å²) in [5.74, 6) is 1.90. The van der Waals surface area contributed by atoms with Crippen molar-refractivity contribution in [1.29, 1.82) is 0 Å². The van der Waals surface area contributed by atoms with Gasteiger partial charge in [0, 0.05) is 6.07 Å². The zero-order valence-corrected chi connectivity index (χ0v) is 14.6. The van der Waals surface area contributed by atoms with Gasteiger partial charge in [0.2, 0.25) is 0 Å². The highest BCUT2D eigenvalue weighted by Gasteiger charge is 2.63. The van der Waals surface area contributed by atoms with E-state index in [-0.39, 0.29) is 18.1 Å². The lowest BCUT2D eigenvalue weighted by molar-refractivity contribution is 0.0630. The Morgan fingerprint density at radius 2 is 2.00 bits per heavy atom. The maximum atomic E-state index is 13.1. The molecule has 1 N–H and O–H groups in total. The summed E-state index contributed by atoms with van der Waals surface area (Å²) in [5, 5.41) is 7.82. The van der Waals surface area contributed by atoms with Crippen molar-refractivity contribution >= 4 is 5.91 Å². The molecule has 1 aliphatic carbocycles. The molecule has 0 radical (unpaired) electrons. The van der Waals surface area contributed by atoms with Crippen LogP contribution in [0.15, 0.2) is 59.2 Å². The number of amides is 1. The summed E-state index contributed by atoms with van der Waals surface area (Å²) >= 11 is 0. The van der Waals surface area contributed by atoms with Crippen LogP contribution in [0.2, 0.25) is 0 Å². The first kappa shape index (κ1) is 15.2. The zero-order valence-electron chi connectivity index (χ0n) is 14.6. The first-order valence-corrected chi connectivity index (χ1v) is 9.43. The van der Waals surface area contributed by atoms with Crippen molar-refractivity contribution in [2.24, 2.45) is 11.8 Å². The van der Waals surface area contributed by atoms with Gasteiger partial charge in [0.05, 0.1) is 30.2 Å². The second-order valence-corrected chi connectivity index (χ2v) is 7.66. The van der Waals surface area contributed by atoms with Gasteiger partial charge >= 0.3 is 0 Å². The molecule has 2 aromatic heterocycles. The normalized spacial score (nSPS) is 30.3. The van der Waals surface area contributed by atoms with Gasteiger partial charge in [0.1, 0.15) is 11.4 Å². The Kier molecular flexibility index (Phi) is 3.14. The summed E-state index contributed by atoms with van der Waals surface area (Å²) in [6, 6.07) is 15.2. The molecule has 2 bridgehead atoms. The molecule has 1 saturated carbocycles. The Bertz CT molecular complexity index is 995. The van der Waals surface area contributed by atoms with Crippen LogP contribution in [0, 0.1) is 11.8 Å². The molecule has 1 amide bonds. The van der Waals surface area contributed by atoms with E-state index in [0.29, 0.717) is 29.2 Å². The average Bonchev–Trinajstić information content (AvgIpc) is 3.14. The fourth-order valence-electron chi connectivity index (χ4n) is 4.69. The SMILES string of the molecule is O=C(N[C@@H]1C[C@@H]2O[C@H]1[C@H]1C[C@H]12)c1cc(-c2ccco2)nn1-c1ccccc1. The summed E-state index contributed by atoms with van der Waals surface area (Å²) in [5.41, 5.74) is 1.98. The number of fused-ring (bicyclic) bond motifs is 5. The largest absolute Gasteiger partial charge is 0.463 e. The van der Waals surface area contributed by atoms with Crippen LogP contribution in [-0.4, -0.2) is 33.9 Å². The first-order chi connectivity index (χ1) is 13.3. The highest BCUT2D eigenvalue weighted by molar-refractivity contribution is 5.94. The van der Waals surface area contributed by atoms with Crippen LogP contribution in [0.25, 0.3) is 17.1 Å².